The van der Waals surface area contributed by atoms with E-state index >= 15 is 0 Å². The molecule has 0 saturated carbocycles. The van der Waals surface area contributed by atoms with Gasteiger partial charge in [-0.1, -0.05) is 29.8 Å². The van der Waals surface area contributed by atoms with Gasteiger partial charge < -0.3 is 5.73 Å². The highest BCUT2D eigenvalue weighted by atomic mass is 35.5. The molecule has 3 rings (SSSR count). The van der Waals surface area contributed by atoms with Crippen LogP contribution in [0.3, 0.4) is 0 Å². The maximum atomic E-state index is 11.3. The van der Waals surface area contributed by atoms with E-state index in [9.17, 15) is 4.79 Å². The molecule has 0 radical (unpaired) electrons. The summed E-state index contributed by atoms with van der Waals surface area (Å²) >= 11 is 6.25. The van der Waals surface area contributed by atoms with Gasteiger partial charge in [0.05, 0.1) is 27.4 Å². The summed E-state index contributed by atoms with van der Waals surface area (Å²) in [5.74, 6) is -0.601. The number of aromatic nitrogens is 3. The molecule has 2 aromatic heterocycles. The van der Waals surface area contributed by atoms with Gasteiger partial charge in [0.2, 0.25) is 0 Å². The van der Waals surface area contributed by atoms with Crippen LogP contribution in [0.4, 0.5) is 0 Å². The lowest BCUT2D eigenvalue weighted by Gasteiger charge is -2.04. The number of nitrogens with two attached hydrogens (primary N) is 1. The normalized spacial score (nSPS) is 10.9. The van der Waals surface area contributed by atoms with Gasteiger partial charge >= 0.3 is 0 Å². The molecule has 0 aliphatic carbocycles. The molecule has 100 valence electrons. The van der Waals surface area contributed by atoms with Crippen molar-refractivity contribution in [3.63, 3.8) is 0 Å². The zero-order chi connectivity index (χ0) is 14.3. The van der Waals surface area contributed by atoms with E-state index in [4.69, 9.17) is 17.3 Å². The zero-order valence-electron chi connectivity index (χ0n) is 10.7. The van der Waals surface area contributed by atoms with Gasteiger partial charge in [-0.25, -0.2) is 9.67 Å². The largest absolute Gasteiger partial charge is 0.366 e. The minimum atomic E-state index is -0.601. The van der Waals surface area contributed by atoms with Gasteiger partial charge in [-0.2, -0.15) is 5.10 Å². The minimum Gasteiger partial charge on any atom is -0.366 e. The standard InChI is InChI=1S/C14H11ClN4O/c1-8-11-12(15)10(13(16)20)7-17-14(11)19(18-8)9-5-3-2-4-6-9/h2-7H,1H3,(H2,16,20). The number of benzene rings is 1. The fourth-order valence-electron chi connectivity index (χ4n) is 2.13. The number of amides is 1. The Bertz CT molecular complexity index is 811. The number of hydrogen-bond donors (Lipinski definition) is 1. The lowest BCUT2D eigenvalue weighted by atomic mass is 10.2. The number of carbonyl (C=O) groups excluding carboxylic acids is 1. The number of hydrogen-bond acceptors (Lipinski definition) is 3. The van der Waals surface area contributed by atoms with E-state index in [0.717, 1.165) is 5.69 Å². The molecule has 0 atom stereocenters. The highest BCUT2D eigenvalue weighted by Crippen LogP contribution is 2.29. The number of para-hydroxylation sites is 1. The number of primary amides is 1. The first-order valence-corrected chi connectivity index (χ1v) is 6.36. The Morgan fingerprint density at radius 3 is 2.65 bits per heavy atom. The van der Waals surface area contributed by atoms with Crippen molar-refractivity contribution in [1.82, 2.24) is 14.8 Å². The predicted molar refractivity (Wildman–Crippen MR) is 77.1 cm³/mol. The van der Waals surface area contributed by atoms with E-state index in [2.05, 4.69) is 10.1 Å². The second kappa shape index (κ2) is 4.61. The molecule has 1 amide bonds. The van der Waals surface area contributed by atoms with Crippen molar-refractivity contribution in [2.45, 2.75) is 6.92 Å². The Kier molecular flexibility index (Phi) is 2.91. The Hall–Kier alpha value is -2.40. The van der Waals surface area contributed by atoms with Gasteiger partial charge in [-0.05, 0) is 19.1 Å². The van der Waals surface area contributed by atoms with Crippen molar-refractivity contribution in [2.75, 3.05) is 0 Å². The molecule has 2 N–H and O–H groups in total. The molecule has 0 aliphatic heterocycles. The summed E-state index contributed by atoms with van der Waals surface area (Å²) in [5.41, 5.74) is 7.66. The molecule has 0 spiro atoms. The smallest absolute Gasteiger partial charge is 0.251 e. The number of halogens is 1. The van der Waals surface area contributed by atoms with Crippen LogP contribution in [0.25, 0.3) is 16.7 Å². The van der Waals surface area contributed by atoms with Crippen LogP contribution < -0.4 is 5.73 Å². The summed E-state index contributed by atoms with van der Waals surface area (Å²) in [5, 5.41) is 5.38. The summed E-state index contributed by atoms with van der Waals surface area (Å²) in [4.78, 5) is 15.6. The first-order chi connectivity index (χ1) is 9.59. The Balaban J connectivity index is 2.34. The van der Waals surface area contributed by atoms with Crippen LogP contribution in [0, 0.1) is 6.92 Å². The molecule has 0 saturated heterocycles. The monoisotopic (exact) mass is 286 g/mol. The molecular weight excluding hydrogens is 276 g/mol. The molecule has 5 nitrogen and oxygen atoms in total. The maximum Gasteiger partial charge on any atom is 0.251 e. The second-order valence-electron chi connectivity index (χ2n) is 4.38. The molecule has 1 aromatic carbocycles. The van der Waals surface area contributed by atoms with Gasteiger partial charge in [0.15, 0.2) is 5.65 Å². The molecule has 20 heavy (non-hydrogen) atoms. The summed E-state index contributed by atoms with van der Waals surface area (Å²) < 4.78 is 1.70. The van der Waals surface area contributed by atoms with Crippen molar-refractivity contribution in [3.8, 4) is 5.69 Å². The van der Waals surface area contributed by atoms with Crippen LogP contribution >= 0.6 is 11.6 Å². The van der Waals surface area contributed by atoms with Crippen LogP contribution in [0.1, 0.15) is 16.1 Å². The van der Waals surface area contributed by atoms with Crippen molar-refractivity contribution in [2.24, 2.45) is 5.73 Å². The highest BCUT2D eigenvalue weighted by molar-refractivity contribution is 6.38. The molecule has 0 bridgehead atoms. The number of pyridine rings is 1. The van der Waals surface area contributed by atoms with E-state index in [-0.39, 0.29) is 5.56 Å². The topological polar surface area (TPSA) is 73.8 Å². The molecule has 2 heterocycles. The minimum absolute atomic E-state index is 0.204. The Morgan fingerprint density at radius 1 is 1.30 bits per heavy atom. The molecule has 0 fully saturated rings. The Morgan fingerprint density at radius 2 is 2.00 bits per heavy atom. The highest BCUT2D eigenvalue weighted by Gasteiger charge is 2.18. The van der Waals surface area contributed by atoms with Crippen LogP contribution in [-0.4, -0.2) is 20.7 Å². The molecule has 0 aliphatic rings. The third-order valence-corrected chi connectivity index (χ3v) is 3.47. The summed E-state index contributed by atoms with van der Waals surface area (Å²) in [6.45, 7) is 1.82. The average Bonchev–Trinajstić information content (AvgIpc) is 2.78. The van der Waals surface area contributed by atoms with Gasteiger partial charge in [-0.3, -0.25) is 4.79 Å². The van der Waals surface area contributed by atoms with E-state index in [0.29, 0.717) is 21.7 Å². The van der Waals surface area contributed by atoms with Crippen LogP contribution in [0.2, 0.25) is 5.02 Å². The number of rotatable bonds is 2. The maximum absolute atomic E-state index is 11.3. The number of carbonyl (C=O) groups is 1. The second-order valence-corrected chi connectivity index (χ2v) is 4.76. The fourth-order valence-corrected chi connectivity index (χ4v) is 2.49. The van der Waals surface area contributed by atoms with Crippen molar-refractivity contribution >= 4 is 28.5 Å². The fraction of sp³-hybridized carbons (Fsp3) is 0.0714. The van der Waals surface area contributed by atoms with Crippen molar-refractivity contribution < 1.29 is 4.79 Å². The van der Waals surface area contributed by atoms with Gasteiger partial charge in [0.25, 0.3) is 5.91 Å². The summed E-state index contributed by atoms with van der Waals surface area (Å²) in [7, 11) is 0. The van der Waals surface area contributed by atoms with Gasteiger partial charge in [-0.15, -0.1) is 0 Å². The lowest BCUT2D eigenvalue weighted by molar-refractivity contribution is 0.100. The van der Waals surface area contributed by atoms with E-state index in [1.807, 2.05) is 37.3 Å². The molecule has 3 aromatic rings. The molecule has 0 unspecified atom stereocenters. The third kappa shape index (κ3) is 1.83. The van der Waals surface area contributed by atoms with Gasteiger partial charge in [0, 0.05) is 6.20 Å². The number of fused-ring (bicyclic) bond motifs is 1. The van der Waals surface area contributed by atoms with E-state index in [1.54, 1.807) is 4.68 Å². The summed E-state index contributed by atoms with van der Waals surface area (Å²) in [6.07, 6.45) is 1.38. The zero-order valence-corrected chi connectivity index (χ0v) is 11.4. The Labute approximate surface area is 120 Å². The average molecular weight is 287 g/mol. The molecular formula is C14H11ClN4O. The first-order valence-electron chi connectivity index (χ1n) is 5.98. The lowest BCUT2D eigenvalue weighted by Crippen LogP contribution is -2.12. The number of aryl methyl sites for hydroxylation is 1. The van der Waals surface area contributed by atoms with Crippen molar-refractivity contribution in [1.29, 1.82) is 0 Å². The van der Waals surface area contributed by atoms with E-state index in [1.165, 1.54) is 6.20 Å². The molecule has 6 heteroatoms. The van der Waals surface area contributed by atoms with Crippen molar-refractivity contribution in [3.05, 3.63) is 52.8 Å². The van der Waals surface area contributed by atoms with E-state index < -0.39 is 5.91 Å². The third-order valence-electron chi connectivity index (χ3n) is 3.07. The SMILES string of the molecule is Cc1nn(-c2ccccc2)c2ncc(C(N)=O)c(Cl)c12. The van der Waals surface area contributed by atoms with Gasteiger partial charge in [0.1, 0.15) is 0 Å². The first kappa shape index (κ1) is 12.6. The van der Waals surface area contributed by atoms with Crippen LogP contribution in [-0.2, 0) is 0 Å². The summed E-state index contributed by atoms with van der Waals surface area (Å²) in [6, 6.07) is 9.59. The van der Waals surface area contributed by atoms with Crippen LogP contribution in [0.15, 0.2) is 36.5 Å². The number of nitrogens with zero attached hydrogens (tertiary/aromatic N) is 3. The van der Waals surface area contributed by atoms with Crippen LogP contribution in [0.5, 0.6) is 0 Å². The predicted octanol–water partition coefficient (Wildman–Crippen LogP) is 2.48. The quantitative estimate of drug-likeness (QED) is 0.786.